The number of aromatic hydroxyl groups is 1. The Balaban J connectivity index is 2.71. The Hall–Kier alpha value is -0.810. The van der Waals surface area contributed by atoms with E-state index in [1.165, 1.54) is 18.2 Å². The first kappa shape index (κ1) is 9.73. The molecule has 74 valence electrons. The lowest BCUT2D eigenvalue weighted by Crippen LogP contribution is -1.83. The maximum atomic E-state index is 12.4. The van der Waals surface area contributed by atoms with Crippen LogP contribution in [0.2, 0.25) is 0 Å². The predicted octanol–water partition coefficient (Wildman–Crippen LogP) is 3.83. The van der Waals surface area contributed by atoms with Crippen LogP contribution in [0.15, 0.2) is 23.1 Å². The van der Waals surface area contributed by atoms with E-state index in [2.05, 4.69) is 12.6 Å². The molecule has 0 saturated carbocycles. The van der Waals surface area contributed by atoms with Gasteiger partial charge in [0.2, 0.25) is 0 Å². The maximum absolute atomic E-state index is 12.4. The van der Waals surface area contributed by atoms with Crippen LogP contribution in [0.5, 0.6) is 5.06 Å². The molecule has 1 nitrogen and oxygen atoms in total. The van der Waals surface area contributed by atoms with E-state index in [1.807, 2.05) is 0 Å². The van der Waals surface area contributed by atoms with Crippen molar-refractivity contribution < 1.29 is 13.9 Å². The lowest BCUT2D eigenvalue weighted by molar-refractivity contribution is 0.151. The van der Waals surface area contributed by atoms with Crippen LogP contribution in [-0.2, 0) is 0 Å². The second kappa shape index (κ2) is 3.40. The minimum absolute atomic E-state index is 0.0692. The SMILES string of the molecule is Oc1cc2cc(C(F)F)cc(S)c2s1. The lowest BCUT2D eigenvalue weighted by atomic mass is 10.2. The second-order valence-corrected chi connectivity index (χ2v) is 4.36. The van der Waals surface area contributed by atoms with Gasteiger partial charge in [-0.1, -0.05) is 11.3 Å². The van der Waals surface area contributed by atoms with Crippen LogP contribution in [0.25, 0.3) is 10.1 Å². The van der Waals surface area contributed by atoms with Crippen LogP contribution in [0.1, 0.15) is 12.0 Å². The van der Waals surface area contributed by atoms with Crippen molar-refractivity contribution in [3.8, 4) is 5.06 Å². The minimum atomic E-state index is -2.51. The van der Waals surface area contributed by atoms with Crippen molar-refractivity contribution in [1.29, 1.82) is 0 Å². The highest BCUT2D eigenvalue weighted by molar-refractivity contribution is 7.80. The van der Waals surface area contributed by atoms with Gasteiger partial charge in [0.15, 0.2) is 5.06 Å². The Morgan fingerprint density at radius 2 is 2.00 bits per heavy atom. The number of thiophene rings is 1. The molecule has 0 spiro atoms. The normalized spacial score (nSPS) is 11.4. The van der Waals surface area contributed by atoms with Gasteiger partial charge in [-0.25, -0.2) is 8.78 Å². The van der Waals surface area contributed by atoms with E-state index < -0.39 is 6.43 Å². The van der Waals surface area contributed by atoms with Gasteiger partial charge in [0.1, 0.15) is 0 Å². The van der Waals surface area contributed by atoms with E-state index in [-0.39, 0.29) is 10.6 Å². The minimum Gasteiger partial charge on any atom is -0.499 e. The smallest absolute Gasteiger partial charge is 0.263 e. The maximum Gasteiger partial charge on any atom is 0.263 e. The number of halogens is 2. The molecular formula is C9H6F2OS2. The van der Waals surface area contributed by atoms with E-state index in [9.17, 15) is 13.9 Å². The lowest BCUT2D eigenvalue weighted by Gasteiger charge is -2.01. The Labute approximate surface area is 88.4 Å². The van der Waals surface area contributed by atoms with E-state index in [0.29, 0.717) is 10.3 Å². The molecule has 1 aromatic heterocycles. The number of hydrogen-bond acceptors (Lipinski definition) is 3. The molecule has 0 unspecified atom stereocenters. The molecule has 0 fully saturated rings. The molecule has 1 aromatic carbocycles. The van der Waals surface area contributed by atoms with Crippen LogP contribution in [0, 0.1) is 0 Å². The summed E-state index contributed by atoms with van der Waals surface area (Å²) in [6, 6.07) is 4.16. The second-order valence-electron chi connectivity index (χ2n) is 2.84. The summed E-state index contributed by atoms with van der Waals surface area (Å²) < 4.78 is 25.5. The van der Waals surface area contributed by atoms with Crippen LogP contribution >= 0.6 is 24.0 Å². The summed E-state index contributed by atoms with van der Waals surface area (Å²) in [5, 5.41) is 9.93. The Morgan fingerprint density at radius 1 is 1.29 bits per heavy atom. The van der Waals surface area contributed by atoms with Gasteiger partial charge in [0.05, 0.1) is 4.70 Å². The molecule has 0 bridgehead atoms. The zero-order valence-corrected chi connectivity index (χ0v) is 8.58. The van der Waals surface area contributed by atoms with Crippen molar-refractivity contribution in [3.63, 3.8) is 0 Å². The van der Waals surface area contributed by atoms with Crippen LogP contribution in [0.3, 0.4) is 0 Å². The number of fused-ring (bicyclic) bond motifs is 1. The summed E-state index contributed by atoms with van der Waals surface area (Å²) in [5.74, 6) is 0. The number of benzene rings is 1. The highest BCUT2D eigenvalue weighted by Gasteiger charge is 2.11. The van der Waals surface area contributed by atoms with Gasteiger partial charge in [-0.05, 0) is 23.6 Å². The molecule has 0 aliphatic heterocycles. The molecule has 0 aliphatic rings. The van der Waals surface area contributed by atoms with Gasteiger partial charge in [0.25, 0.3) is 6.43 Å². The highest BCUT2D eigenvalue weighted by Crippen LogP contribution is 2.37. The van der Waals surface area contributed by atoms with E-state index >= 15 is 0 Å². The number of hydrogen-bond donors (Lipinski definition) is 2. The summed E-state index contributed by atoms with van der Waals surface area (Å²) >= 11 is 5.23. The van der Waals surface area contributed by atoms with Crippen LogP contribution in [0.4, 0.5) is 8.78 Å². The molecule has 2 rings (SSSR count). The molecular weight excluding hydrogens is 226 g/mol. The molecule has 0 aliphatic carbocycles. The standard InChI is InChI=1S/C9H6F2OS2/c10-9(11)5-1-4-3-7(12)14-8(4)6(13)2-5/h1-3,9,12-13H. The van der Waals surface area contributed by atoms with Gasteiger partial charge < -0.3 is 5.11 Å². The first-order valence-electron chi connectivity index (χ1n) is 3.81. The molecule has 1 N–H and O–H groups in total. The molecule has 0 saturated heterocycles. The van der Waals surface area contributed by atoms with Crippen molar-refractivity contribution in [2.75, 3.05) is 0 Å². The van der Waals surface area contributed by atoms with Crippen molar-refractivity contribution in [2.24, 2.45) is 0 Å². The topological polar surface area (TPSA) is 20.2 Å². The summed E-state index contributed by atoms with van der Waals surface area (Å²) in [7, 11) is 0. The average molecular weight is 232 g/mol. The quantitative estimate of drug-likeness (QED) is 0.716. The fourth-order valence-corrected chi connectivity index (χ4v) is 2.48. The highest BCUT2D eigenvalue weighted by atomic mass is 32.1. The zero-order valence-electron chi connectivity index (χ0n) is 6.87. The molecule has 0 amide bonds. The largest absolute Gasteiger partial charge is 0.499 e. The summed E-state index contributed by atoms with van der Waals surface area (Å²) in [4.78, 5) is 0.475. The van der Waals surface area contributed by atoms with Crippen LogP contribution in [-0.4, -0.2) is 5.11 Å². The molecule has 0 atom stereocenters. The number of alkyl halides is 2. The third kappa shape index (κ3) is 1.57. The Kier molecular flexibility index (Phi) is 2.36. The summed E-state index contributed by atoms with van der Waals surface area (Å²) in [6.07, 6.45) is -2.51. The first-order valence-corrected chi connectivity index (χ1v) is 5.08. The predicted molar refractivity (Wildman–Crippen MR) is 55.7 cm³/mol. The van der Waals surface area contributed by atoms with Crippen molar-refractivity contribution in [1.82, 2.24) is 0 Å². The van der Waals surface area contributed by atoms with E-state index in [0.717, 1.165) is 16.0 Å². The Morgan fingerprint density at radius 3 is 2.64 bits per heavy atom. The third-order valence-electron chi connectivity index (χ3n) is 1.86. The summed E-state index contributed by atoms with van der Waals surface area (Å²) in [6.45, 7) is 0. The Bertz CT molecular complexity index is 479. The molecule has 2 aromatic rings. The first-order chi connectivity index (χ1) is 6.58. The van der Waals surface area contributed by atoms with Crippen LogP contribution < -0.4 is 0 Å². The van der Waals surface area contributed by atoms with E-state index in [1.54, 1.807) is 0 Å². The third-order valence-corrected chi connectivity index (χ3v) is 3.35. The van der Waals surface area contributed by atoms with Crippen molar-refractivity contribution >= 4 is 34.1 Å². The van der Waals surface area contributed by atoms with Gasteiger partial charge in [0, 0.05) is 10.5 Å². The number of thiol groups is 1. The van der Waals surface area contributed by atoms with Crippen molar-refractivity contribution in [2.45, 2.75) is 11.3 Å². The molecule has 1 heterocycles. The van der Waals surface area contributed by atoms with Gasteiger partial charge in [-0.3, -0.25) is 0 Å². The van der Waals surface area contributed by atoms with Gasteiger partial charge >= 0.3 is 0 Å². The molecule has 14 heavy (non-hydrogen) atoms. The average Bonchev–Trinajstić information content (AvgIpc) is 2.45. The molecule has 0 radical (unpaired) electrons. The fourth-order valence-electron chi connectivity index (χ4n) is 1.27. The van der Waals surface area contributed by atoms with Gasteiger partial charge in [-0.15, -0.1) is 12.6 Å². The van der Waals surface area contributed by atoms with E-state index in [4.69, 9.17) is 0 Å². The fraction of sp³-hybridized carbons (Fsp3) is 0.111. The summed E-state index contributed by atoms with van der Waals surface area (Å²) in [5.41, 5.74) is -0.0692. The molecule has 5 heteroatoms. The van der Waals surface area contributed by atoms with Crippen molar-refractivity contribution in [3.05, 3.63) is 23.8 Å². The number of rotatable bonds is 1. The zero-order chi connectivity index (χ0) is 10.3. The monoisotopic (exact) mass is 232 g/mol. The van der Waals surface area contributed by atoms with Gasteiger partial charge in [-0.2, -0.15) is 0 Å².